The number of pyridine rings is 1. The van der Waals surface area contributed by atoms with Crippen LogP contribution < -0.4 is 16.0 Å². The van der Waals surface area contributed by atoms with Gasteiger partial charge in [-0.25, -0.2) is 24.1 Å². The van der Waals surface area contributed by atoms with Crippen molar-refractivity contribution < 1.29 is 76.3 Å². The van der Waals surface area contributed by atoms with Gasteiger partial charge in [0, 0.05) is 18.4 Å². The Labute approximate surface area is 282 Å². The number of primary amides is 1. The van der Waals surface area contributed by atoms with Crippen LogP contribution in [0.2, 0.25) is 0 Å². The minimum absolute atomic E-state index is 0.0418. The van der Waals surface area contributed by atoms with E-state index in [0.717, 1.165) is 6.33 Å². The van der Waals surface area contributed by atoms with Crippen LogP contribution in [0.3, 0.4) is 0 Å². The van der Waals surface area contributed by atoms with Gasteiger partial charge in [0.25, 0.3) is 12.1 Å². The number of ether oxygens (including phenoxy) is 2. The average molecular weight is 749 g/mol. The number of imidazole rings is 1. The number of carbonyl (C=O) groups excluding carboxylic acids is 2. The van der Waals surface area contributed by atoms with E-state index >= 15 is 0 Å². The highest BCUT2D eigenvalue weighted by Crippen LogP contribution is 2.60. The highest BCUT2D eigenvalue weighted by Gasteiger charge is 2.50. The summed E-state index contributed by atoms with van der Waals surface area (Å²) in [5.41, 5.74) is 11.9. The smallest absolute Gasteiger partial charge is 0.387 e. The Morgan fingerprint density at radius 1 is 1.00 bits per heavy atom. The van der Waals surface area contributed by atoms with Gasteiger partial charge in [0.15, 0.2) is 36.2 Å². The van der Waals surface area contributed by atoms with Crippen LogP contribution in [0.5, 0.6) is 0 Å². The number of amides is 1. The van der Waals surface area contributed by atoms with Crippen molar-refractivity contribution in [3.05, 3.63) is 42.2 Å². The summed E-state index contributed by atoms with van der Waals surface area (Å²) in [4.78, 5) is 56.5. The van der Waals surface area contributed by atoms with Crippen molar-refractivity contribution >= 4 is 44.3 Å². The Hall–Kier alpha value is -3.34. The zero-order valence-electron chi connectivity index (χ0n) is 26.3. The van der Waals surface area contributed by atoms with E-state index < -0.39 is 89.8 Å². The normalized spacial score (nSPS) is 29.8. The van der Waals surface area contributed by atoms with Crippen LogP contribution in [0.1, 0.15) is 54.6 Å². The lowest BCUT2D eigenvalue weighted by atomic mass is 9.92. The SMILES string of the molecule is CCC(=O)C(C)c1cc[n+](C2OC(COP(=O)(O)OP(=O)(O)OCC3OC(n4cnc5c(N)ncnc54)C(O)C3O)C(O)C2O)cc1C(N)=O. The summed E-state index contributed by atoms with van der Waals surface area (Å²) in [5.74, 6) is -1.64. The number of rotatable bonds is 14. The molecule has 0 spiro atoms. The lowest BCUT2D eigenvalue weighted by molar-refractivity contribution is -0.765. The molecule has 0 aromatic carbocycles. The van der Waals surface area contributed by atoms with Crippen molar-refractivity contribution in [2.45, 2.75) is 75.3 Å². The lowest BCUT2D eigenvalue weighted by Gasteiger charge is -2.20. The summed E-state index contributed by atoms with van der Waals surface area (Å²) in [5, 5.41) is 42.2. The second kappa shape index (κ2) is 14.7. The number of anilines is 1. The monoisotopic (exact) mass is 748 g/mol. The van der Waals surface area contributed by atoms with Crippen LogP contribution in [0, 0.1) is 0 Å². The van der Waals surface area contributed by atoms with Crippen molar-refractivity contribution in [2.75, 3.05) is 18.9 Å². The summed E-state index contributed by atoms with van der Waals surface area (Å²) in [7, 11) is -10.8. The van der Waals surface area contributed by atoms with Crippen LogP contribution >= 0.6 is 15.6 Å². The van der Waals surface area contributed by atoms with Gasteiger partial charge in [-0.2, -0.15) is 8.88 Å². The number of phosphoric ester groups is 2. The van der Waals surface area contributed by atoms with E-state index in [9.17, 15) is 48.9 Å². The number of Topliss-reactive ketones (excluding diaryl/α,β-unsaturated/α-hetero) is 1. The molecule has 0 bridgehead atoms. The van der Waals surface area contributed by atoms with Crippen LogP contribution in [0.25, 0.3) is 11.2 Å². The molecule has 3 aromatic rings. The first-order valence-corrected chi connectivity index (χ1v) is 17.9. The van der Waals surface area contributed by atoms with Crippen molar-refractivity contribution in [2.24, 2.45) is 5.73 Å². The second-order valence-corrected chi connectivity index (χ2v) is 14.5. The Morgan fingerprint density at radius 2 is 1.62 bits per heavy atom. The number of fused-ring (bicyclic) bond motifs is 1. The predicted molar refractivity (Wildman–Crippen MR) is 163 cm³/mol. The Bertz CT molecular complexity index is 1850. The number of hydrogen-bond acceptors (Lipinski definition) is 17. The van der Waals surface area contributed by atoms with Gasteiger partial charge >= 0.3 is 15.6 Å². The number of aliphatic hydroxyl groups is 4. The standard InChI is InChI=1S/C26H35N7O15P2/c1-3-14(34)11(2)12-4-5-32(6-13(12)23(28)39)25-20(37)18(35)15(46-25)7-44-49(40,41)48-50(42,43)45-8-16-19(36)21(38)26(47-16)33-10-31-17-22(27)29-9-30-24(17)33/h4-6,9-11,15-16,18-21,25-26,35-38H,3,7-8H2,1-2H3,(H5-,27,28,29,30,39,40,41,42,43)/p+1. The predicted octanol–water partition coefficient (Wildman–Crippen LogP) is -1.93. The number of phosphoric acid groups is 2. The fraction of sp³-hybridized carbons (Fsp3) is 0.538. The number of aliphatic hydroxyl groups excluding tert-OH is 4. The first kappa shape index (κ1) is 37.9. The third-order valence-electron chi connectivity index (χ3n) is 8.22. The Morgan fingerprint density at radius 3 is 2.24 bits per heavy atom. The van der Waals surface area contributed by atoms with Crippen LogP contribution in [-0.2, 0) is 36.8 Å². The number of carbonyl (C=O) groups is 2. The fourth-order valence-corrected chi connectivity index (χ4v) is 7.61. The average Bonchev–Trinajstić information content (AvgIpc) is 3.71. The largest absolute Gasteiger partial charge is 0.481 e. The minimum Gasteiger partial charge on any atom is -0.387 e. The third-order valence-corrected chi connectivity index (χ3v) is 10.8. The maximum absolute atomic E-state index is 12.6. The number of nitrogen functional groups attached to an aromatic ring is 1. The van der Waals surface area contributed by atoms with E-state index in [-0.39, 0.29) is 34.7 Å². The van der Waals surface area contributed by atoms with E-state index in [1.54, 1.807) is 13.8 Å². The van der Waals surface area contributed by atoms with Crippen molar-refractivity contribution in [3.8, 4) is 0 Å². The lowest BCUT2D eigenvalue weighted by Crippen LogP contribution is -2.46. The Kier molecular flexibility index (Phi) is 11.2. The number of aromatic nitrogens is 5. The molecular formula is C26H36N7O15P2+. The summed E-state index contributed by atoms with van der Waals surface area (Å²) in [6.07, 6.45) is -7.12. The van der Waals surface area contributed by atoms with Crippen LogP contribution in [0.4, 0.5) is 5.82 Å². The molecule has 10 N–H and O–H groups in total. The maximum Gasteiger partial charge on any atom is 0.481 e. The molecule has 1 amide bonds. The first-order valence-electron chi connectivity index (χ1n) is 14.9. The van der Waals surface area contributed by atoms with Crippen molar-refractivity contribution in [1.82, 2.24) is 19.5 Å². The molecular weight excluding hydrogens is 712 g/mol. The number of nitrogens with zero attached hydrogens (tertiary/aromatic N) is 5. The molecule has 5 heterocycles. The molecule has 50 heavy (non-hydrogen) atoms. The summed E-state index contributed by atoms with van der Waals surface area (Å²) < 4.78 is 52.5. The van der Waals surface area contributed by atoms with Gasteiger partial charge in [0.2, 0.25) is 0 Å². The number of nitrogens with two attached hydrogens (primary N) is 2. The molecule has 2 aliphatic rings. The van der Waals surface area contributed by atoms with Crippen molar-refractivity contribution in [3.63, 3.8) is 0 Å². The van der Waals surface area contributed by atoms with Crippen molar-refractivity contribution in [1.29, 1.82) is 0 Å². The molecule has 5 rings (SSSR count). The quantitative estimate of drug-likeness (QED) is 0.0657. The van der Waals surface area contributed by atoms with Gasteiger partial charge in [-0.1, -0.05) is 13.8 Å². The van der Waals surface area contributed by atoms with Gasteiger partial charge in [-0.15, -0.1) is 0 Å². The molecule has 2 aliphatic heterocycles. The topological polar surface area (TPSA) is 335 Å². The molecule has 11 atom stereocenters. The minimum atomic E-state index is -5.43. The molecule has 24 heteroatoms. The van der Waals surface area contributed by atoms with Gasteiger partial charge in [0.05, 0.1) is 19.5 Å². The summed E-state index contributed by atoms with van der Waals surface area (Å²) >= 11 is 0. The highest BCUT2D eigenvalue weighted by molar-refractivity contribution is 7.61. The zero-order chi connectivity index (χ0) is 36.7. The maximum atomic E-state index is 12.6. The molecule has 0 aliphatic carbocycles. The number of ketones is 1. The molecule has 3 aromatic heterocycles. The van der Waals surface area contributed by atoms with Gasteiger partial charge in [-0.05, 0) is 5.56 Å². The first-order chi connectivity index (χ1) is 23.4. The van der Waals surface area contributed by atoms with E-state index in [4.69, 9.17) is 30.0 Å². The summed E-state index contributed by atoms with van der Waals surface area (Å²) in [6.45, 7) is 1.40. The Balaban J connectivity index is 1.18. The van der Waals surface area contributed by atoms with E-state index in [2.05, 4.69) is 19.3 Å². The van der Waals surface area contributed by atoms with E-state index in [1.807, 2.05) is 0 Å². The molecule has 22 nitrogen and oxygen atoms in total. The highest BCUT2D eigenvalue weighted by atomic mass is 31.3. The number of hydrogen-bond donors (Lipinski definition) is 8. The molecule has 274 valence electrons. The second-order valence-electron chi connectivity index (χ2n) is 11.5. The third kappa shape index (κ3) is 7.77. The van der Waals surface area contributed by atoms with Gasteiger partial charge in [-0.3, -0.25) is 23.2 Å². The van der Waals surface area contributed by atoms with Gasteiger partial charge in [0.1, 0.15) is 53.7 Å². The van der Waals surface area contributed by atoms with Crippen LogP contribution in [0.15, 0.2) is 31.1 Å². The van der Waals surface area contributed by atoms with Crippen LogP contribution in [-0.4, -0.2) is 111 Å². The van der Waals surface area contributed by atoms with E-state index in [0.29, 0.717) is 5.56 Å². The zero-order valence-corrected chi connectivity index (χ0v) is 28.1. The molecule has 2 fully saturated rings. The molecule has 2 saturated heterocycles. The van der Waals surface area contributed by atoms with Gasteiger partial charge < -0.3 is 51.2 Å². The summed E-state index contributed by atoms with van der Waals surface area (Å²) in [6, 6.07) is 1.43. The molecule has 0 radical (unpaired) electrons. The molecule has 11 unspecified atom stereocenters. The molecule has 0 saturated carbocycles. The fourth-order valence-electron chi connectivity index (χ4n) is 5.52. The van der Waals surface area contributed by atoms with E-state index in [1.165, 1.54) is 33.9 Å².